The van der Waals surface area contributed by atoms with E-state index in [9.17, 15) is 8.78 Å². The van der Waals surface area contributed by atoms with E-state index in [-0.39, 0.29) is 12.6 Å². The summed E-state index contributed by atoms with van der Waals surface area (Å²) in [7, 11) is 0. The average Bonchev–Trinajstić information content (AvgIpc) is 2.37. The van der Waals surface area contributed by atoms with Crippen LogP contribution in [0, 0.1) is 17.2 Å². The molecule has 4 heteroatoms. The minimum atomic E-state index is -1.03. The molecule has 96 valence electrons. The molecule has 18 heavy (non-hydrogen) atoms. The van der Waals surface area contributed by atoms with Crippen molar-refractivity contribution >= 4 is 0 Å². The molecular weight excluding hydrogens is 234 g/mol. The predicted molar refractivity (Wildman–Crippen MR) is 65.5 cm³/mol. The molecule has 0 radical (unpaired) electrons. The van der Waals surface area contributed by atoms with Gasteiger partial charge in [0.2, 0.25) is 0 Å². The van der Waals surface area contributed by atoms with Crippen LogP contribution in [-0.2, 0) is 0 Å². The third-order valence-corrected chi connectivity index (χ3v) is 3.34. The molecule has 1 aromatic carbocycles. The van der Waals surface area contributed by atoms with Crippen molar-refractivity contribution in [3.63, 3.8) is 0 Å². The number of hydrogen-bond donors (Lipinski definition) is 0. The number of nitriles is 1. The lowest BCUT2D eigenvalue weighted by molar-refractivity contribution is 0.0364. The summed E-state index contributed by atoms with van der Waals surface area (Å²) in [6.07, 6.45) is -0.506. The van der Waals surface area contributed by atoms with Gasteiger partial charge in [0.1, 0.15) is 6.17 Å². The first kappa shape index (κ1) is 13.0. The van der Waals surface area contributed by atoms with Crippen molar-refractivity contribution in [1.82, 2.24) is 4.90 Å². The summed E-state index contributed by atoms with van der Waals surface area (Å²) < 4.78 is 26.2. The van der Waals surface area contributed by atoms with Gasteiger partial charge in [0.15, 0.2) is 0 Å². The fourth-order valence-corrected chi connectivity index (χ4v) is 2.31. The summed E-state index contributed by atoms with van der Waals surface area (Å²) in [6, 6.07) is 8.72. The highest BCUT2D eigenvalue weighted by Gasteiger charge is 2.34. The van der Waals surface area contributed by atoms with E-state index in [1.807, 2.05) is 6.07 Å². The summed E-state index contributed by atoms with van der Waals surface area (Å²) in [5.41, 5.74) is 1.06. The second-order valence-corrected chi connectivity index (χ2v) is 4.70. The van der Waals surface area contributed by atoms with Gasteiger partial charge in [-0.15, -0.1) is 0 Å². The van der Waals surface area contributed by atoms with Crippen LogP contribution in [-0.4, -0.2) is 31.2 Å². The summed E-state index contributed by atoms with van der Waals surface area (Å²) in [6.45, 7) is 1.75. The number of likely N-dealkylation sites (tertiary alicyclic amines) is 1. The topological polar surface area (TPSA) is 27.0 Å². The molecule has 1 atom stereocenters. The van der Waals surface area contributed by atoms with Gasteiger partial charge < -0.3 is 4.90 Å². The van der Waals surface area contributed by atoms with Gasteiger partial charge in [-0.1, -0.05) is 12.1 Å². The van der Waals surface area contributed by atoms with Crippen molar-refractivity contribution in [1.29, 1.82) is 5.26 Å². The number of alkyl halides is 2. The Labute approximate surface area is 106 Å². The van der Waals surface area contributed by atoms with Gasteiger partial charge in [0.25, 0.3) is 0 Å². The van der Waals surface area contributed by atoms with Gasteiger partial charge in [-0.25, -0.2) is 4.39 Å². The molecule has 0 N–H and O–H groups in total. The molecule has 2 rings (SSSR count). The van der Waals surface area contributed by atoms with Crippen LogP contribution in [0.4, 0.5) is 8.78 Å². The molecule has 0 aromatic heterocycles. The summed E-state index contributed by atoms with van der Waals surface area (Å²) in [5, 5.41) is 8.78. The molecule has 1 aliphatic heterocycles. The largest absolute Gasteiger partial charge is 0.302 e. The molecule has 0 bridgehead atoms. The van der Waals surface area contributed by atoms with E-state index in [1.54, 1.807) is 24.3 Å². The maximum Gasteiger partial charge on any atom is 0.130 e. The first-order valence-electron chi connectivity index (χ1n) is 6.17. The molecule has 1 saturated heterocycles. The fraction of sp³-hybridized carbons (Fsp3) is 0.500. The van der Waals surface area contributed by atoms with Crippen molar-refractivity contribution in [3.8, 4) is 6.07 Å². The smallest absolute Gasteiger partial charge is 0.130 e. The monoisotopic (exact) mass is 250 g/mol. The lowest BCUT2D eigenvalue weighted by Crippen LogP contribution is -2.48. The molecule has 0 aliphatic carbocycles. The van der Waals surface area contributed by atoms with Crippen LogP contribution in [0.25, 0.3) is 0 Å². The molecule has 0 saturated carbocycles. The maximum atomic E-state index is 14.2. The van der Waals surface area contributed by atoms with Crippen LogP contribution in [0.15, 0.2) is 24.3 Å². The Balaban J connectivity index is 1.89. The molecule has 1 aromatic rings. The fourth-order valence-electron chi connectivity index (χ4n) is 2.31. The molecule has 0 spiro atoms. The Morgan fingerprint density at radius 1 is 1.44 bits per heavy atom. The van der Waals surface area contributed by atoms with E-state index < -0.39 is 6.17 Å². The lowest BCUT2D eigenvalue weighted by Gasteiger charge is -2.40. The maximum absolute atomic E-state index is 14.2. The van der Waals surface area contributed by atoms with Gasteiger partial charge >= 0.3 is 0 Å². The number of nitrogens with zero attached hydrogens (tertiary/aromatic N) is 2. The van der Waals surface area contributed by atoms with Crippen LogP contribution in [0.1, 0.15) is 23.7 Å². The Hall–Kier alpha value is -1.47. The van der Waals surface area contributed by atoms with Gasteiger partial charge in [-0.2, -0.15) is 5.26 Å². The Bertz CT molecular complexity index is 436. The zero-order valence-corrected chi connectivity index (χ0v) is 10.1. The van der Waals surface area contributed by atoms with Crippen molar-refractivity contribution < 1.29 is 8.78 Å². The highest BCUT2D eigenvalue weighted by molar-refractivity contribution is 5.34. The van der Waals surface area contributed by atoms with Gasteiger partial charge in [0.05, 0.1) is 18.3 Å². The standard InChI is InChI=1S/C14H16F2N2/c15-5-2-6-18-9-13(10-18)14(16)12-4-1-3-11(7-12)8-17/h1,3-4,7,13-14H,2,5-6,9-10H2/t14-/m0/s1. The number of hydrogen-bond acceptors (Lipinski definition) is 2. The van der Waals surface area contributed by atoms with Crippen LogP contribution in [0.2, 0.25) is 0 Å². The number of benzene rings is 1. The van der Waals surface area contributed by atoms with Crippen molar-refractivity contribution in [2.75, 3.05) is 26.3 Å². The molecule has 1 fully saturated rings. The minimum Gasteiger partial charge on any atom is -0.302 e. The normalized spacial score (nSPS) is 18.1. The van der Waals surface area contributed by atoms with Gasteiger partial charge in [0, 0.05) is 25.6 Å². The molecule has 2 nitrogen and oxygen atoms in total. The van der Waals surface area contributed by atoms with Crippen molar-refractivity contribution in [2.24, 2.45) is 5.92 Å². The Morgan fingerprint density at radius 2 is 2.22 bits per heavy atom. The van der Waals surface area contributed by atoms with Gasteiger partial charge in [-0.3, -0.25) is 4.39 Å². The minimum absolute atomic E-state index is 0.0291. The summed E-state index contributed by atoms with van der Waals surface area (Å²) in [5.74, 6) is -0.0291. The van der Waals surface area contributed by atoms with E-state index in [1.165, 1.54) is 0 Å². The highest BCUT2D eigenvalue weighted by Crippen LogP contribution is 2.33. The third kappa shape index (κ3) is 2.85. The zero-order valence-electron chi connectivity index (χ0n) is 10.1. The highest BCUT2D eigenvalue weighted by atomic mass is 19.1. The number of rotatable bonds is 5. The predicted octanol–water partition coefficient (Wildman–Crippen LogP) is 2.86. The Morgan fingerprint density at radius 3 is 2.89 bits per heavy atom. The molecule has 0 amide bonds. The summed E-state index contributed by atoms with van der Waals surface area (Å²) in [4.78, 5) is 2.06. The first-order chi connectivity index (χ1) is 8.74. The molecule has 0 unspecified atom stereocenters. The van der Waals surface area contributed by atoms with Gasteiger partial charge in [-0.05, 0) is 24.1 Å². The van der Waals surface area contributed by atoms with E-state index in [4.69, 9.17) is 5.26 Å². The lowest BCUT2D eigenvalue weighted by atomic mass is 9.89. The SMILES string of the molecule is N#Cc1cccc([C@H](F)C2CN(CCCF)C2)c1. The van der Waals surface area contributed by atoms with E-state index in [0.717, 1.165) is 0 Å². The van der Waals surface area contributed by atoms with Crippen LogP contribution in [0.3, 0.4) is 0 Å². The zero-order chi connectivity index (χ0) is 13.0. The van der Waals surface area contributed by atoms with Crippen LogP contribution < -0.4 is 0 Å². The van der Waals surface area contributed by atoms with Crippen LogP contribution >= 0.6 is 0 Å². The quantitative estimate of drug-likeness (QED) is 0.803. The van der Waals surface area contributed by atoms with E-state index >= 15 is 0 Å². The molecule has 1 heterocycles. The van der Waals surface area contributed by atoms with Crippen LogP contribution in [0.5, 0.6) is 0 Å². The Kier molecular flexibility index (Phi) is 4.27. The molecular formula is C14H16F2N2. The van der Waals surface area contributed by atoms with E-state index in [0.29, 0.717) is 37.2 Å². The second kappa shape index (κ2) is 5.92. The number of halogens is 2. The second-order valence-electron chi connectivity index (χ2n) is 4.70. The first-order valence-corrected chi connectivity index (χ1v) is 6.17. The van der Waals surface area contributed by atoms with Crippen molar-refractivity contribution in [2.45, 2.75) is 12.6 Å². The third-order valence-electron chi connectivity index (χ3n) is 3.34. The average molecular weight is 250 g/mol. The summed E-state index contributed by atoms with van der Waals surface area (Å²) >= 11 is 0. The van der Waals surface area contributed by atoms with Crippen molar-refractivity contribution in [3.05, 3.63) is 35.4 Å². The van der Waals surface area contributed by atoms with E-state index in [2.05, 4.69) is 4.90 Å². The molecule has 1 aliphatic rings.